The van der Waals surface area contributed by atoms with E-state index in [2.05, 4.69) is 44.0 Å². The van der Waals surface area contributed by atoms with E-state index in [-0.39, 0.29) is 46.9 Å². The van der Waals surface area contributed by atoms with E-state index < -0.39 is 0 Å². The Kier molecular flexibility index (Phi) is 12.4. The molecule has 0 aliphatic carbocycles. The van der Waals surface area contributed by atoms with Gasteiger partial charge in [0.25, 0.3) is 0 Å². The number of nitrogens with one attached hydrogen (secondary N) is 1. The maximum absolute atomic E-state index is 12.6. The van der Waals surface area contributed by atoms with Crippen LogP contribution in [-0.4, -0.2) is 69.1 Å². The lowest BCUT2D eigenvalue weighted by Gasteiger charge is -2.18. The fourth-order valence-corrected chi connectivity index (χ4v) is 4.87. The second-order valence-corrected chi connectivity index (χ2v) is 12.3. The molecule has 0 bridgehead atoms. The summed E-state index contributed by atoms with van der Waals surface area (Å²) in [6.45, 7) is 8.16. The lowest BCUT2D eigenvalue weighted by Crippen LogP contribution is -2.07. The number of nitrogen functional groups attached to an aromatic ring is 4. The third-order valence-corrected chi connectivity index (χ3v) is 7.53. The van der Waals surface area contributed by atoms with E-state index in [1.165, 1.54) is 25.6 Å². The molecular formula is C36H45N11O5. The van der Waals surface area contributed by atoms with Gasteiger partial charge in [0.15, 0.2) is 28.9 Å². The van der Waals surface area contributed by atoms with Gasteiger partial charge in [0, 0.05) is 49.3 Å². The summed E-state index contributed by atoms with van der Waals surface area (Å²) in [6, 6.07) is 9.14. The number of carbonyl (C=O) groups is 1. The predicted octanol–water partition coefficient (Wildman–Crippen LogP) is 5.78. The van der Waals surface area contributed by atoms with Gasteiger partial charge in [0.1, 0.15) is 23.0 Å². The Hall–Kier alpha value is -6.58. The third kappa shape index (κ3) is 9.35. The molecule has 274 valence electrons. The highest BCUT2D eigenvalue weighted by Crippen LogP contribution is 2.41. The van der Waals surface area contributed by atoms with Crippen LogP contribution in [0.3, 0.4) is 0 Å². The topological polar surface area (TPSA) is 242 Å². The van der Waals surface area contributed by atoms with E-state index >= 15 is 0 Å². The molecule has 16 nitrogen and oxygen atoms in total. The fraction of sp³-hybridized carbons (Fsp3) is 0.278. The Labute approximate surface area is 302 Å². The first-order valence-electron chi connectivity index (χ1n) is 16.2. The molecule has 0 spiro atoms. The standard InChI is InChI=1S/C19H25N5O3.C17H20N6O2/c1-11(2)12-8-15(26-5)13(14(25)6-7-24(3)4)9-16(12)27-17-10-22-19(21)23-18(17)20;1-9(2)10-6-13(24-3)11(12-4-5-21-23-12)7-14(10)25-15-8-20-17(19)22-16(15)18/h6-11H,1-5H3,(H4,20,21,22,23);4-9H,1-3H3,(H,21,23)(H4,18,19,20,22)/b7-6+;. The molecule has 0 aliphatic heterocycles. The molecule has 0 saturated carbocycles. The van der Waals surface area contributed by atoms with Crippen molar-refractivity contribution in [3.05, 3.63) is 77.9 Å². The summed E-state index contributed by atoms with van der Waals surface area (Å²) in [7, 11) is 6.83. The van der Waals surface area contributed by atoms with Crippen molar-refractivity contribution >= 4 is 29.3 Å². The minimum absolute atomic E-state index is 0.0587. The predicted molar refractivity (Wildman–Crippen MR) is 201 cm³/mol. The minimum Gasteiger partial charge on any atom is -0.496 e. The number of ketones is 1. The number of nitrogens with two attached hydrogens (primary N) is 4. The number of nitrogens with zero attached hydrogens (tertiary/aromatic N) is 6. The Morgan fingerprint density at radius 2 is 1.27 bits per heavy atom. The summed E-state index contributed by atoms with van der Waals surface area (Å²) >= 11 is 0. The maximum atomic E-state index is 12.6. The fourth-order valence-electron chi connectivity index (χ4n) is 4.87. The van der Waals surface area contributed by atoms with Crippen LogP contribution in [0.25, 0.3) is 11.3 Å². The number of hydrogen-bond acceptors (Lipinski definition) is 15. The number of methoxy groups -OCH3 is 2. The first kappa shape index (κ1) is 38.2. The van der Waals surface area contributed by atoms with Crippen LogP contribution in [0, 0.1) is 0 Å². The van der Waals surface area contributed by atoms with Crippen LogP contribution in [-0.2, 0) is 0 Å². The van der Waals surface area contributed by atoms with E-state index in [4.69, 9.17) is 41.9 Å². The molecule has 0 saturated heterocycles. The quantitative estimate of drug-likeness (QED) is 0.0761. The molecule has 5 aromatic rings. The summed E-state index contributed by atoms with van der Waals surface area (Å²) in [5, 5.41) is 6.93. The molecule has 3 aromatic heterocycles. The highest BCUT2D eigenvalue weighted by molar-refractivity contribution is 6.07. The summed E-state index contributed by atoms with van der Waals surface area (Å²) < 4.78 is 22.9. The van der Waals surface area contributed by atoms with Crippen molar-refractivity contribution < 1.29 is 23.7 Å². The zero-order valence-corrected chi connectivity index (χ0v) is 30.5. The number of benzene rings is 2. The SMILES string of the molecule is COc1cc(C(C)C)c(Oc2cnc(N)nc2N)cc1-c1ccn[nH]1.COc1cc(C(C)C)c(Oc2cnc(N)nc2N)cc1C(=O)/C=C/N(C)C. The Morgan fingerprint density at radius 1 is 0.750 bits per heavy atom. The zero-order chi connectivity index (χ0) is 38.1. The first-order chi connectivity index (χ1) is 24.7. The van der Waals surface area contributed by atoms with Gasteiger partial charge in [0.05, 0.1) is 37.9 Å². The van der Waals surface area contributed by atoms with E-state index in [0.29, 0.717) is 28.6 Å². The van der Waals surface area contributed by atoms with Crippen LogP contribution in [0.4, 0.5) is 23.5 Å². The van der Waals surface area contributed by atoms with Crippen LogP contribution in [0.15, 0.2) is 61.2 Å². The van der Waals surface area contributed by atoms with Crippen molar-refractivity contribution in [3.63, 3.8) is 0 Å². The monoisotopic (exact) mass is 711 g/mol. The number of hydrogen-bond donors (Lipinski definition) is 5. The van der Waals surface area contributed by atoms with Gasteiger partial charge >= 0.3 is 0 Å². The summed E-state index contributed by atoms with van der Waals surface area (Å²) in [5.41, 5.74) is 26.7. The van der Waals surface area contributed by atoms with Crippen LogP contribution < -0.4 is 41.9 Å². The molecular weight excluding hydrogens is 666 g/mol. The van der Waals surface area contributed by atoms with Crippen molar-refractivity contribution in [2.75, 3.05) is 51.2 Å². The van der Waals surface area contributed by atoms with Crippen LogP contribution in [0.5, 0.6) is 34.5 Å². The van der Waals surface area contributed by atoms with E-state index in [0.717, 1.165) is 28.1 Å². The highest BCUT2D eigenvalue weighted by Gasteiger charge is 2.20. The first-order valence-corrected chi connectivity index (χ1v) is 16.2. The number of aromatic nitrogens is 6. The number of anilines is 4. The number of carbonyl (C=O) groups excluding carboxylic acids is 1. The molecule has 0 radical (unpaired) electrons. The van der Waals surface area contributed by atoms with Crippen molar-refractivity contribution in [1.29, 1.82) is 0 Å². The average molecular weight is 712 g/mol. The Bertz CT molecular complexity index is 2030. The smallest absolute Gasteiger partial charge is 0.222 e. The van der Waals surface area contributed by atoms with Gasteiger partial charge in [-0.2, -0.15) is 15.1 Å². The molecule has 5 rings (SSSR count). The molecule has 0 atom stereocenters. The van der Waals surface area contributed by atoms with Crippen LogP contribution >= 0.6 is 0 Å². The van der Waals surface area contributed by atoms with Gasteiger partial charge < -0.3 is 46.8 Å². The van der Waals surface area contributed by atoms with Gasteiger partial charge in [-0.25, -0.2) is 9.97 Å². The van der Waals surface area contributed by atoms with E-state index in [1.54, 1.807) is 36.5 Å². The molecule has 0 amide bonds. The minimum atomic E-state index is -0.206. The van der Waals surface area contributed by atoms with Gasteiger partial charge in [-0.1, -0.05) is 27.7 Å². The van der Waals surface area contributed by atoms with E-state index in [1.807, 2.05) is 46.1 Å². The number of allylic oxidation sites excluding steroid dienone is 1. The second-order valence-electron chi connectivity index (χ2n) is 12.3. The maximum Gasteiger partial charge on any atom is 0.222 e. The zero-order valence-electron chi connectivity index (χ0n) is 30.5. The molecule has 2 aromatic carbocycles. The highest BCUT2D eigenvalue weighted by atomic mass is 16.5. The molecule has 52 heavy (non-hydrogen) atoms. The van der Waals surface area contributed by atoms with Gasteiger partial charge in [0.2, 0.25) is 11.9 Å². The van der Waals surface area contributed by atoms with Gasteiger partial charge in [-0.15, -0.1) is 0 Å². The lowest BCUT2D eigenvalue weighted by atomic mass is 9.97. The van der Waals surface area contributed by atoms with Gasteiger partial charge in [-0.05, 0) is 42.2 Å². The third-order valence-electron chi connectivity index (χ3n) is 7.53. The molecule has 0 fully saturated rings. The van der Waals surface area contributed by atoms with Crippen LogP contribution in [0.1, 0.15) is 61.0 Å². The lowest BCUT2D eigenvalue weighted by molar-refractivity contribution is 0.104. The number of H-pyrrole nitrogens is 1. The Morgan fingerprint density at radius 3 is 1.71 bits per heavy atom. The molecule has 16 heteroatoms. The number of aromatic amines is 1. The van der Waals surface area contributed by atoms with Gasteiger partial charge in [-0.3, -0.25) is 9.89 Å². The van der Waals surface area contributed by atoms with Crippen molar-refractivity contribution in [3.8, 4) is 45.8 Å². The second kappa shape index (κ2) is 16.9. The average Bonchev–Trinajstić information content (AvgIpc) is 3.64. The van der Waals surface area contributed by atoms with Crippen molar-refractivity contribution in [2.45, 2.75) is 39.5 Å². The molecule has 0 unspecified atom stereocenters. The summed E-state index contributed by atoms with van der Waals surface area (Å²) in [6.07, 6.45) is 7.68. The van der Waals surface area contributed by atoms with E-state index in [9.17, 15) is 4.79 Å². The molecule has 3 heterocycles. The largest absolute Gasteiger partial charge is 0.496 e. The Balaban J connectivity index is 0.000000233. The molecule has 9 N–H and O–H groups in total. The molecule has 0 aliphatic rings. The summed E-state index contributed by atoms with van der Waals surface area (Å²) in [5.74, 6) is 3.50. The van der Waals surface area contributed by atoms with Crippen molar-refractivity contribution in [2.24, 2.45) is 0 Å². The summed E-state index contributed by atoms with van der Waals surface area (Å²) in [4.78, 5) is 30.1. The normalized spacial score (nSPS) is 11.0. The van der Waals surface area contributed by atoms with Crippen molar-refractivity contribution in [1.82, 2.24) is 35.0 Å². The van der Waals surface area contributed by atoms with Crippen LogP contribution in [0.2, 0.25) is 0 Å². The number of rotatable bonds is 12. The number of ether oxygens (including phenoxy) is 4.